The van der Waals surface area contributed by atoms with Crippen LogP contribution < -0.4 is 5.32 Å². The van der Waals surface area contributed by atoms with Crippen LogP contribution >= 0.6 is 0 Å². The van der Waals surface area contributed by atoms with Crippen molar-refractivity contribution in [1.82, 2.24) is 5.32 Å². The number of carbonyl (C=O) groups is 3. The molecule has 3 aromatic carbocycles. The van der Waals surface area contributed by atoms with Gasteiger partial charge in [0.15, 0.2) is 0 Å². The number of ketones is 1. The van der Waals surface area contributed by atoms with Crippen LogP contribution in [0.4, 0.5) is 0 Å². The first-order chi connectivity index (χ1) is 16.1. The minimum Gasteiger partial charge on any atom is -0.475 e. The number of benzene rings is 3. The average Bonchev–Trinajstić information content (AvgIpc) is 2.86. The SMILES string of the molecule is O=C(O)C(=O)c1cccc2c1CCCC2C(=O)NCCC(c1ccccc1)c1ccccc1. The molecule has 0 radical (unpaired) electrons. The third-order valence-corrected chi connectivity index (χ3v) is 6.40. The van der Waals surface area contributed by atoms with E-state index in [1.54, 1.807) is 12.1 Å². The van der Waals surface area contributed by atoms with Gasteiger partial charge in [0, 0.05) is 18.0 Å². The Hall–Kier alpha value is -3.73. The normalized spacial score (nSPS) is 15.0. The maximum atomic E-state index is 13.1. The number of hydrogen-bond donors (Lipinski definition) is 2. The Morgan fingerprint density at radius 2 is 1.52 bits per heavy atom. The van der Waals surface area contributed by atoms with Gasteiger partial charge in [0.1, 0.15) is 0 Å². The van der Waals surface area contributed by atoms with Crippen molar-refractivity contribution in [3.05, 3.63) is 107 Å². The quantitative estimate of drug-likeness (QED) is 0.392. The Kier molecular flexibility index (Phi) is 6.98. The molecule has 2 N–H and O–H groups in total. The first-order valence-corrected chi connectivity index (χ1v) is 11.3. The average molecular weight is 442 g/mol. The lowest BCUT2D eigenvalue weighted by atomic mass is 9.79. The molecular formula is C28H27NO4. The van der Waals surface area contributed by atoms with Crippen LogP contribution in [0.3, 0.4) is 0 Å². The first kappa shape index (κ1) is 22.5. The van der Waals surface area contributed by atoms with Crippen LogP contribution in [0.15, 0.2) is 78.9 Å². The summed E-state index contributed by atoms with van der Waals surface area (Å²) in [6, 6.07) is 25.6. The number of nitrogens with one attached hydrogen (secondary N) is 1. The second-order valence-electron chi connectivity index (χ2n) is 8.41. The van der Waals surface area contributed by atoms with Crippen molar-refractivity contribution in [2.75, 3.05) is 6.54 Å². The summed E-state index contributed by atoms with van der Waals surface area (Å²) in [6.45, 7) is 0.521. The Morgan fingerprint density at radius 1 is 0.879 bits per heavy atom. The van der Waals surface area contributed by atoms with E-state index >= 15 is 0 Å². The van der Waals surface area contributed by atoms with Gasteiger partial charge in [-0.25, -0.2) is 4.79 Å². The summed E-state index contributed by atoms with van der Waals surface area (Å²) >= 11 is 0. The Morgan fingerprint density at radius 3 is 2.12 bits per heavy atom. The molecule has 0 aliphatic heterocycles. The summed E-state index contributed by atoms with van der Waals surface area (Å²) in [6.07, 6.45) is 2.80. The van der Waals surface area contributed by atoms with Gasteiger partial charge in [0.25, 0.3) is 5.78 Å². The summed E-state index contributed by atoms with van der Waals surface area (Å²) in [7, 11) is 0. The maximum Gasteiger partial charge on any atom is 0.377 e. The number of carbonyl (C=O) groups excluding carboxylic acids is 2. The molecule has 1 atom stereocenters. The zero-order valence-electron chi connectivity index (χ0n) is 18.4. The van der Waals surface area contributed by atoms with Gasteiger partial charge >= 0.3 is 5.97 Å². The van der Waals surface area contributed by atoms with E-state index in [-0.39, 0.29) is 23.3 Å². The van der Waals surface area contributed by atoms with Crippen LogP contribution in [0.1, 0.15) is 63.7 Å². The van der Waals surface area contributed by atoms with Gasteiger partial charge in [-0.3, -0.25) is 9.59 Å². The number of carboxylic acid groups (broad SMARTS) is 1. The van der Waals surface area contributed by atoms with Gasteiger partial charge in [-0.2, -0.15) is 0 Å². The molecule has 0 heterocycles. The maximum absolute atomic E-state index is 13.1. The van der Waals surface area contributed by atoms with Crippen LogP contribution in [-0.2, 0) is 16.0 Å². The summed E-state index contributed by atoms with van der Waals surface area (Å²) < 4.78 is 0. The van der Waals surface area contributed by atoms with E-state index in [0.29, 0.717) is 24.9 Å². The molecule has 0 aromatic heterocycles. The molecule has 33 heavy (non-hydrogen) atoms. The van der Waals surface area contributed by atoms with Gasteiger partial charge in [-0.05, 0) is 47.9 Å². The van der Waals surface area contributed by atoms with Crippen LogP contribution in [-0.4, -0.2) is 29.3 Å². The highest BCUT2D eigenvalue weighted by Gasteiger charge is 2.30. The Bertz CT molecular complexity index is 1100. The predicted octanol–water partition coefficient (Wildman–Crippen LogP) is 4.71. The zero-order valence-corrected chi connectivity index (χ0v) is 18.4. The number of rotatable bonds is 8. The summed E-state index contributed by atoms with van der Waals surface area (Å²) in [5.74, 6) is -2.66. The first-order valence-electron chi connectivity index (χ1n) is 11.3. The van der Waals surface area contributed by atoms with Crippen molar-refractivity contribution >= 4 is 17.7 Å². The van der Waals surface area contributed by atoms with E-state index in [1.807, 2.05) is 42.5 Å². The summed E-state index contributed by atoms with van der Waals surface area (Å²) in [5, 5.41) is 12.2. The van der Waals surface area contributed by atoms with Crippen LogP contribution in [0.25, 0.3) is 0 Å². The van der Waals surface area contributed by atoms with E-state index in [2.05, 4.69) is 29.6 Å². The molecular weight excluding hydrogens is 414 g/mol. The van der Waals surface area contributed by atoms with E-state index in [9.17, 15) is 14.4 Å². The number of amides is 1. The van der Waals surface area contributed by atoms with Gasteiger partial charge in [-0.1, -0.05) is 78.9 Å². The molecule has 0 saturated carbocycles. The molecule has 5 nitrogen and oxygen atoms in total. The van der Waals surface area contributed by atoms with Crippen molar-refractivity contribution < 1.29 is 19.5 Å². The number of fused-ring (bicyclic) bond motifs is 1. The summed E-state index contributed by atoms with van der Waals surface area (Å²) in [4.78, 5) is 36.4. The highest BCUT2D eigenvalue weighted by molar-refractivity contribution is 6.40. The molecule has 1 unspecified atom stereocenters. The zero-order chi connectivity index (χ0) is 23.2. The standard InChI is InChI=1S/C28H27NO4/c30-26(28(32)33)24-15-7-14-23-22(24)13-8-16-25(23)27(31)29-18-17-21(19-9-3-1-4-10-19)20-11-5-2-6-12-20/h1-7,9-12,14-15,21,25H,8,13,16-18H2,(H,29,31)(H,32,33). The van der Waals surface area contributed by atoms with Gasteiger partial charge < -0.3 is 10.4 Å². The van der Waals surface area contributed by atoms with Crippen molar-refractivity contribution in [1.29, 1.82) is 0 Å². The molecule has 0 saturated heterocycles. The molecule has 5 heteroatoms. The number of hydrogen-bond acceptors (Lipinski definition) is 3. The minimum absolute atomic E-state index is 0.0734. The highest BCUT2D eigenvalue weighted by Crippen LogP contribution is 2.34. The molecule has 168 valence electrons. The van der Waals surface area contributed by atoms with E-state index < -0.39 is 11.8 Å². The highest BCUT2D eigenvalue weighted by atomic mass is 16.4. The molecule has 4 rings (SSSR count). The lowest BCUT2D eigenvalue weighted by Crippen LogP contribution is -2.33. The van der Waals surface area contributed by atoms with E-state index in [0.717, 1.165) is 18.4 Å². The van der Waals surface area contributed by atoms with Crippen molar-refractivity contribution in [2.24, 2.45) is 0 Å². The van der Waals surface area contributed by atoms with Crippen LogP contribution in [0.2, 0.25) is 0 Å². The van der Waals surface area contributed by atoms with Crippen LogP contribution in [0.5, 0.6) is 0 Å². The van der Waals surface area contributed by atoms with Crippen molar-refractivity contribution in [3.8, 4) is 0 Å². The smallest absolute Gasteiger partial charge is 0.377 e. The number of aliphatic carboxylic acids is 1. The minimum atomic E-state index is -1.47. The fourth-order valence-corrected chi connectivity index (χ4v) is 4.81. The third-order valence-electron chi connectivity index (χ3n) is 6.40. The monoisotopic (exact) mass is 441 g/mol. The Balaban J connectivity index is 1.48. The molecule has 3 aromatic rings. The lowest BCUT2D eigenvalue weighted by Gasteiger charge is -2.26. The lowest BCUT2D eigenvalue weighted by molar-refractivity contribution is -0.131. The largest absolute Gasteiger partial charge is 0.475 e. The van der Waals surface area contributed by atoms with E-state index in [4.69, 9.17) is 5.11 Å². The summed E-state index contributed by atoms with van der Waals surface area (Å²) in [5.41, 5.74) is 4.08. The second-order valence-corrected chi connectivity index (χ2v) is 8.41. The van der Waals surface area contributed by atoms with E-state index in [1.165, 1.54) is 11.1 Å². The second kappa shape index (κ2) is 10.3. The molecule has 1 aliphatic carbocycles. The Labute approximate surface area is 193 Å². The topological polar surface area (TPSA) is 83.5 Å². The fraction of sp³-hybridized carbons (Fsp3) is 0.250. The number of carboxylic acids is 1. The molecule has 0 spiro atoms. The number of Topliss-reactive ketones (excluding diaryl/α,β-unsaturated/α-hetero) is 1. The van der Waals surface area contributed by atoms with Gasteiger partial charge in [0.2, 0.25) is 5.91 Å². The van der Waals surface area contributed by atoms with Crippen molar-refractivity contribution in [3.63, 3.8) is 0 Å². The molecule has 1 amide bonds. The predicted molar refractivity (Wildman–Crippen MR) is 126 cm³/mol. The van der Waals surface area contributed by atoms with Gasteiger partial charge in [0.05, 0.1) is 5.92 Å². The third kappa shape index (κ3) is 5.03. The van der Waals surface area contributed by atoms with Crippen LogP contribution in [0, 0.1) is 0 Å². The van der Waals surface area contributed by atoms with Gasteiger partial charge in [-0.15, -0.1) is 0 Å². The molecule has 0 bridgehead atoms. The molecule has 0 fully saturated rings. The van der Waals surface area contributed by atoms with Crippen molar-refractivity contribution in [2.45, 2.75) is 37.5 Å². The molecule has 1 aliphatic rings. The fourth-order valence-electron chi connectivity index (χ4n) is 4.81.